The van der Waals surface area contributed by atoms with Gasteiger partial charge in [0.1, 0.15) is 5.75 Å². The summed E-state index contributed by atoms with van der Waals surface area (Å²) in [5.74, 6) is 1.91. The summed E-state index contributed by atoms with van der Waals surface area (Å²) >= 11 is 0. The van der Waals surface area contributed by atoms with E-state index in [1.807, 2.05) is 6.92 Å². The van der Waals surface area contributed by atoms with Gasteiger partial charge in [0.25, 0.3) is 0 Å². The maximum Gasteiger partial charge on any atom is 0.119 e. The van der Waals surface area contributed by atoms with Gasteiger partial charge in [0.2, 0.25) is 0 Å². The van der Waals surface area contributed by atoms with Gasteiger partial charge >= 0.3 is 0 Å². The van der Waals surface area contributed by atoms with Crippen LogP contribution in [0.5, 0.6) is 5.75 Å². The average molecular weight is 278 g/mol. The predicted molar refractivity (Wildman–Crippen MR) is 86.3 cm³/mol. The molecule has 0 radical (unpaired) electrons. The molecule has 0 bridgehead atoms. The molecule has 0 aliphatic heterocycles. The van der Waals surface area contributed by atoms with Crippen LogP contribution in [-0.2, 0) is 0 Å². The lowest BCUT2D eigenvalue weighted by molar-refractivity contribution is 0.339. The summed E-state index contributed by atoms with van der Waals surface area (Å²) in [6.45, 7) is 10.6. The van der Waals surface area contributed by atoms with Crippen LogP contribution in [0.1, 0.15) is 49.3 Å². The number of rotatable bonds is 8. The van der Waals surface area contributed by atoms with Crippen LogP contribution >= 0.6 is 0 Å². The van der Waals surface area contributed by atoms with Crippen LogP contribution < -0.4 is 16.2 Å². The van der Waals surface area contributed by atoms with E-state index in [0.717, 1.165) is 18.6 Å². The zero-order chi connectivity index (χ0) is 15.1. The second-order valence-corrected chi connectivity index (χ2v) is 5.58. The van der Waals surface area contributed by atoms with E-state index in [2.05, 4.69) is 32.9 Å². The summed E-state index contributed by atoms with van der Waals surface area (Å²) < 4.78 is 5.62. The maximum atomic E-state index is 5.80. The first-order valence-corrected chi connectivity index (χ1v) is 7.71. The average Bonchev–Trinajstić information content (AvgIpc) is 2.42. The Bertz CT molecular complexity index is 390. The van der Waals surface area contributed by atoms with Gasteiger partial charge in [-0.3, -0.25) is 0 Å². The molecule has 0 heterocycles. The molecule has 3 nitrogen and oxygen atoms in total. The smallest absolute Gasteiger partial charge is 0.119 e. The van der Waals surface area contributed by atoms with E-state index in [1.165, 1.54) is 16.7 Å². The summed E-state index contributed by atoms with van der Waals surface area (Å²) in [7, 11) is 0. The number of nitrogens with two attached hydrogens (primary N) is 2. The molecule has 1 atom stereocenters. The SMILES string of the molecule is CCOc1cc(C)c(C(CC)CC(CN)CN)c(C)c1. The van der Waals surface area contributed by atoms with Gasteiger partial charge in [-0.25, -0.2) is 0 Å². The van der Waals surface area contributed by atoms with Gasteiger partial charge in [0, 0.05) is 0 Å². The van der Waals surface area contributed by atoms with Crippen LogP contribution in [0.4, 0.5) is 0 Å². The molecule has 0 saturated heterocycles. The standard InChI is InChI=1S/C17H30N2O/c1-5-15(9-14(10-18)11-19)17-12(3)7-16(20-6-2)8-13(17)4/h7-8,14-15H,5-6,9-11,18-19H2,1-4H3. The quantitative estimate of drug-likeness (QED) is 0.768. The summed E-state index contributed by atoms with van der Waals surface area (Å²) in [6.07, 6.45) is 2.19. The minimum atomic E-state index is 0.408. The molecule has 0 saturated carbocycles. The van der Waals surface area contributed by atoms with Gasteiger partial charge in [-0.05, 0) is 87.4 Å². The molecule has 0 fully saturated rings. The highest BCUT2D eigenvalue weighted by molar-refractivity contribution is 5.43. The normalized spacial score (nSPS) is 12.8. The third-order valence-electron chi connectivity index (χ3n) is 4.06. The van der Waals surface area contributed by atoms with Crippen molar-refractivity contribution in [2.75, 3.05) is 19.7 Å². The first kappa shape index (κ1) is 17.0. The Hall–Kier alpha value is -1.06. The third kappa shape index (κ3) is 4.22. The van der Waals surface area contributed by atoms with Crippen molar-refractivity contribution in [3.8, 4) is 5.75 Å². The molecule has 1 rings (SSSR count). The molecule has 3 heteroatoms. The largest absolute Gasteiger partial charge is 0.494 e. The Morgan fingerprint density at radius 2 is 1.60 bits per heavy atom. The molecule has 1 aromatic carbocycles. The molecular formula is C17H30N2O. The molecule has 0 spiro atoms. The van der Waals surface area contributed by atoms with Gasteiger partial charge in [0.05, 0.1) is 6.61 Å². The zero-order valence-electron chi connectivity index (χ0n) is 13.4. The maximum absolute atomic E-state index is 5.80. The topological polar surface area (TPSA) is 61.3 Å². The summed E-state index contributed by atoms with van der Waals surface area (Å²) in [5.41, 5.74) is 15.7. The molecule has 114 valence electrons. The third-order valence-corrected chi connectivity index (χ3v) is 4.06. The summed E-state index contributed by atoms with van der Waals surface area (Å²) in [4.78, 5) is 0. The molecule has 1 unspecified atom stereocenters. The van der Waals surface area contributed by atoms with E-state index in [1.54, 1.807) is 0 Å². The highest BCUT2D eigenvalue weighted by Crippen LogP contribution is 2.34. The Labute approximate surface area is 123 Å². The summed E-state index contributed by atoms with van der Waals surface area (Å²) in [5, 5.41) is 0. The molecule has 0 amide bonds. The fraction of sp³-hybridized carbons (Fsp3) is 0.647. The van der Waals surface area contributed by atoms with Gasteiger partial charge in [-0.2, -0.15) is 0 Å². The Kier molecular flexibility index (Phi) is 7.03. The van der Waals surface area contributed by atoms with E-state index in [4.69, 9.17) is 16.2 Å². The monoisotopic (exact) mass is 278 g/mol. The second kappa shape index (κ2) is 8.28. The van der Waals surface area contributed by atoms with Crippen LogP contribution in [0.3, 0.4) is 0 Å². The molecule has 4 N–H and O–H groups in total. The van der Waals surface area contributed by atoms with Crippen molar-refractivity contribution >= 4 is 0 Å². The van der Waals surface area contributed by atoms with E-state index >= 15 is 0 Å². The minimum absolute atomic E-state index is 0.408. The fourth-order valence-electron chi connectivity index (χ4n) is 3.01. The Morgan fingerprint density at radius 1 is 1.05 bits per heavy atom. The van der Waals surface area contributed by atoms with Crippen molar-refractivity contribution in [2.45, 2.75) is 46.5 Å². The first-order valence-electron chi connectivity index (χ1n) is 7.71. The van der Waals surface area contributed by atoms with Crippen molar-refractivity contribution in [3.63, 3.8) is 0 Å². The molecule has 20 heavy (non-hydrogen) atoms. The molecule has 0 aliphatic carbocycles. The lowest BCUT2D eigenvalue weighted by Gasteiger charge is -2.25. The van der Waals surface area contributed by atoms with Crippen molar-refractivity contribution in [1.82, 2.24) is 0 Å². The fourth-order valence-corrected chi connectivity index (χ4v) is 3.01. The van der Waals surface area contributed by atoms with Crippen molar-refractivity contribution < 1.29 is 4.74 Å². The van der Waals surface area contributed by atoms with E-state index in [9.17, 15) is 0 Å². The Morgan fingerprint density at radius 3 is 2.00 bits per heavy atom. The lowest BCUT2D eigenvalue weighted by Crippen LogP contribution is -2.25. The number of hydrogen-bond donors (Lipinski definition) is 2. The highest BCUT2D eigenvalue weighted by Gasteiger charge is 2.19. The minimum Gasteiger partial charge on any atom is -0.494 e. The van der Waals surface area contributed by atoms with Crippen molar-refractivity contribution in [2.24, 2.45) is 17.4 Å². The van der Waals surface area contributed by atoms with E-state index in [0.29, 0.717) is 31.5 Å². The predicted octanol–water partition coefficient (Wildman–Crippen LogP) is 3.12. The van der Waals surface area contributed by atoms with Crippen LogP contribution in [0.15, 0.2) is 12.1 Å². The number of aryl methyl sites for hydroxylation is 2. The van der Waals surface area contributed by atoms with Gasteiger partial charge < -0.3 is 16.2 Å². The van der Waals surface area contributed by atoms with Crippen LogP contribution in [0.2, 0.25) is 0 Å². The lowest BCUT2D eigenvalue weighted by atomic mass is 9.82. The zero-order valence-corrected chi connectivity index (χ0v) is 13.4. The van der Waals surface area contributed by atoms with Gasteiger partial charge in [0.15, 0.2) is 0 Å². The second-order valence-electron chi connectivity index (χ2n) is 5.58. The molecule has 0 aliphatic rings. The van der Waals surface area contributed by atoms with E-state index in [-0.39, 0.29) is 0 Å². The Balaban J connectivity index is 3.03. The number of ether oxygens (including phenoxy) is 1. The van der Waals surface area contributed by atoms with E-state index < -0.39 is 0 Å². The number of benzene rings is 1. The van der Waals surface area contributed by atoms with Crippen LogP contribution in [0.25, 0.3) is 0 Å². The highest BCUT2D eigenvalue weighted by atomic mass is 16.5. The number of hydrogen-bond acceptors (Lipinski definition) is 3. The first-order chi connectivity index (χ1) is 9.57. The van der Waals surface area contributed by atoms with Crippen LogP contribution in [0, 0.1) is 19.8 Å². The van der Waals surface area contributed by atoms with Crippen molar-refractivity contribution in [1.29, 1.82) is 0 Å². The molecular weight excluding hydrogens is 248 g/mol. The van der Waals surface area contributed by atoms with Crippen molar-refractivity contribution in [3.05, 3.63) is 28.8 Å². The molecule has 0 aromatic heterocycles. The molecule has 1 aromatic rings. The summed E-state index contributed by atoms with van der Waals surface area (Å²) in [6, 6.07) is 4.29. The van der Waals surface area contributed by atoms with Gasteiger partial charge in [-0.15, -0.1) is 0 Å². The van der Waals surface area contributed by atoms with Crippen LogP contribution in [-0.4, -0.2) is 19.7 Å². The van der Waals surface area contributed by atoms with Gasteiger partial charge in [-0.1, -0.05) is 6.92 Å².